The summed E-state index contributed by atoms with van der Waals surface area (Å²) >= 11 is 0. The average Bonchev–Trinajstić information content (AvgIpc) is 3.80. The number of ether oxygens (including phenoxy) is 5. The van der Waals surface area contributed by atoms with Gasteiger partial charge in [0.05, 0.1) is 33.0 Å². The Kier molecular flexibility index (Phi) is 10.6. The van der Waals surface area contributed by atoms with Crippen molar-refractivity contribution >= 4 is 11.8 Å². The first kappa shape index (κ1) is 30.3. The molecule has 0 N–H and O–H groups in total. The van der Waals surface area contributed by atoms with E-state index in [1.807, 2.05) is 37.2 Å². The highest BCUT2D eigenvalue weighted by atomic mass is 16.6. The molecule has 0 amide bonds. The van der Waals surface area contributed by atoms with E-state index >= 15 is 0 Å². The Bertz CT molecular complexity index is 1250. The van der Waals surface area contributed by atoms with Gasteiger partial charge in [-0.25, -0.2) is 4.79 Å². The van der Waals surface area contributed by atoms with Crippen molar-refractivity contribution in [2.24, 2.45) is 5.92 Å². The number of nitrogens with zero attached hydrogens (tertiary/aromatic N) is 1. The van der Waals surface area contributed by atoms with Gasteiger partial charge in [0.15, 0.2) is 11.9 Å². The Labute approximate surface area is 243 Å². The maximum absolute atomic E-state index is 12.9. The standard InChI is InChI=1S/C33H43NO7/c1-6-8-25-28(14-11-23-12-15-30(33(36)38-5)41-31(23)25)39-19-7-20-40-29-16-13-24(27(35)17-18-34(2)3)32(37-4)26(29)21-22-9-10-22/h11,13-14,16-18,22,30H,6-10,12,15,19-21H2,1-5H3. The summed E-state index contributed by atoms with van der Waals surface area (Å²) in [4.78, 5) is 26.8. The summed E-state index contributed by atoms with van der Waals surface area (Å²) in [5.41, 5.74) is 3.60. The van der Waals surface area contributed by atoms with Gasteiger partial charge in [-0.2, -0.15) is 0 Å². The number of methoxy groups -OCH3 is 2. The first-order valence-electron chi connectivity index (χ1n) is 14.6. The van der Waals surface area contributed by atoms with Crippen LogP contribution in [0, 0.1) is 5.92 Å². The Morgan fingerprint density at radius 1 is 1.00 bits per heavy atom. The van der Waals surface area contributed by atoms with E-state index in [-0.39, 0.29) is 11.8 Å². The van der Waals surface area contributed by atoms with Crippen molar-refractivity contribution in [3.63, 3.8) is 0 Å². The molecule has 1 aliphatic carbocycles. The molecular formula is C33H43NO7. The van der Waals surface area contributed by atoms with Crippen LogP contribution in [0.15, 0.2) is 36.5 Å². The molecule has 0 saturated heterocycles. The van der Waals surface area contributed by atoms with E-state index in [2.05, 4.69) is 6.92 Å². The van der Waals surface area contributed by atoms with Gasteiger partial charge in [0, 0.05) is 43.9 Å². The predicted octanol–water partition coefficient (Wildman–Crippen LogP) is 5.57. The van der Waals surface area contributed by atoms with Crippen molar-refractivity contribution in [3.05, 3.63) is 58.8 Å². The van der Waals surface area contributed by atoms with E-state index < -0.39 is 6.10 Å². The minimum atomic E-state index is -0.584. The molecule has 1 aliphatic heterocycles. The van der Waals surface area contributed by atoms with Gasteiger partial charge >= 0.3 is 5.97 Å². The molecule has 0 aromatic heterocycles. The van der Waals surface area contributed by atoms with Gasteiger partial charge in [0.1, 0.15) is 23.0 Å². The summed E-state index contributed by atoms with van der Waals surface area (Å²) in [5.74, 6) is 3.05. The quantitative estimate of drug-likeness (QED) is 0.120. The third kappa shape index (κ3) is 7.75. The highest BCUT2D eigenvalue weighted by molar-refractivity contribution is 6.07. The number of benzene rings is 2. The molecule has 1 unspecified atom stereocenters. The second-order valence-electron chi connectivity index (χ2n) is 10.9. The number of esters is 1. The van der Waals surface area contributed by atoms with Crippen molar-refractivity contribution in [2.45, 2.75) is 64.4 Å². The lowest BCUT2D eigenvalue weighted by atomic mass is 9.96. The van der Waals surface area contributed by atoms with Crippen LogP contribution in [0.5, 0.6) is 23.0 Å². The molecule has 0 bridgehead atoms. The van der Waals surface area contributed by atoms with Gasteiger partial charge in [-0.3, -0.25) is 4.79 Å². The maximum Gasteiger partial charge on any atom is 0.347 e. The van der Waals surface area contributed by atoms with Crippen LogP contribution < -0.4 is 18.9 Å². The van der Waals surface area contributed by atoms with Crippen molar-refractivity contribution in [1.82, 2.24) is 4.90 Å². The Hall–Kier alpha value is -3.68. The van der Waals surface area contributed by atoms with Crippen molar-refractivity contribution in [3.8, 4) is 23.0 Å². The Balaban J connectivity index is 1.41. The minimum absolute atomic E-state index is 0.0950. The molecule has 222 valence electrons. The van der Waals surface area contributed by atoms with Crippen LogP contribution in [0.2, 0.25) is 0 Å². The monoisotopic (exact) mass is 565 g/mol. The maximum atomic E-state index is 12.9. The molecule has 8 nitrogen and oxygen atoms in total. The van der Waals surface area contributed by atoms with Crippen LogP contribution in [0.25, 0.3) is 0 Å². The zero-order valence-corrected chi connectivity index (χ0v) is 25.0. The molecule has 1 heterocycles. The number of carbonyl (C=O) groups excluding carboxylic acids is 2. The summed E-state index contributed by atoms with van der Waals surface area (Å²) in [6.45, 7) is 3.04. The fraction of sp³-hybridized carbons (Fsp3) is 0.515. The van der Waals surface area contributed by atoms with E-state index in [9.17, 15) is 9.59 Å². The van der Waals surface area contributed by atoms with Crippen LogP contribution in [0.3, 0.4) is 0 Å². The summed E-state index contributed by atoms with van der Waals surface area (Å²) < 4.78 is 29.2. The van der Waals surface area contributed by atoms with Crippen LogP contribution in [0.1, 0.15) is 66.1 Å². The number of carbonyl (C=O) groups is 2. The van der Waals surface area contributed by atoms with Crippen molar-refractivity contribution in [2.75, 3.05) is 41.5 Å². The van der Waals surface area contributed by atoms with E-state index in [0.29, 0.717) is 43.3 Å². The third-order valence-electron chi connectivity index (χ3n) is 7.40. The fourth-order valence-electron chi connectivity index (χ4n) is 5.11. The normalized spacial score (nSPS) is 16.1. The second kappa shape index (κ2) is 14.3. The summed E-state index contributed by atoms with van der Waals surface area (Å²) in [6, 6.07) is 7.71. The molecule has 41 heavy (non-hydrogen) atoms. The van der Waals surface area contributed by atoms with Crippen molar-refractivity contribution in [1.29, 1.82) is 0 Å². The lowest BCUT2D eigenvalue weighted by Crippen LogP contribution is -2.32. The molecule has 0 spiro atoms. The SMILES string of the molecule is CCCc1c(OCCCOc2ccc(C(=O)C=CN(C)C)c(OC)c2CC2CC2)ccc2c1OC(C(=O)OC)CC2. The molecular weight excluding hydrogens is 522 g/mol. The fourth-order valence-corrected chi connectivity index (χ4v) is 5.11. The van der Waals surface area contributed by atoms with E-state index in [0.717, 1.165) is 59.6 Å². The number of ketones is 1. The molecule has 1 saturated carbocycles. The highest BCUT2D eigenvalue weighted by Crippen LogP contribution is 2.41. The first-order chi connectivity index (χ1) is 19.9. The third-order valence-corrected chi connectivity index (χ3v) is 7.40. The zero-order chi connectivity index (χ0) is 29.4. The van der Waals surface area contributed by atoms with Gasteiger partial charge < -0.3 is 28.6 Å². The molecule has 0 radical (unpaired) electrons. The van der Waals surface area contributed by atoms with E-state index in [4.69, 9.17) is 23.7 Å². The van der Waals surface area contributed by atoms with Gasteiger partial charge in [-0.15, -0.1) is 0 Å². The predicted molar refractivity (Wildman–Crippen MR) is 157 cm³/mol. The lowest BCUT2D eigenvalue weighted by Gasteiger charge is -2.27. The molecule has 2 aromatic carbocycles. The molecule has 4 rings (SSSR count). The first-order valence-corrected chi connectivity index (χ1v) is 14.6. The van der Waals surface area contributed by atoms with Crippen LogP contribution in [-0.2, 0) is 28.8 Å². The number of fused-ring (bicyclic) bond motifs is 1. The van der Waals surface area contributed by atoms with Crippen molar-refractivity contribution < 1.29 is 33.3 Å². The van der Waals surface area contributed by atoms with Crippen LogP contribution in [0.4, 0.5) is 0 Å². The van der Waals surface area contributed by atoms with Crippen LogP contribution >= 0.6 is 0 Å². The second-order valence-corrected chi connectivity index (χ2v) is 10.9. The lowest BCUT2D eigenvalue weighted by molar-refractivity contribution is -0.149. The highest BCUT2D eigenvalue weighted by Gasteiger charge is 2.30. The number of aryl methyl sites for hydroxylation is 1. The number of hydrogen-bond donors (Lipinski definition) is 0. The molecule has 1 atom stereocenters. The Morgan fingerprint density at radius 3 is 2.34 bits per heavy atom. The van der Waals surface area contributed by atoms with E-state index in [1.165, 1.54) is 20.0 Å². The van der Waals surface area contributed by atoms with E-state index in [1.54, 1.807) is 25.5 Å². The number of hydrogen-bond acceptors (Lipinski definition) is 8. The largest absolute Gasteiger partial charge is 0.496 e. The molecule has 2 aliphatic rings. The summed E-state index contributed by atoms with van der Waals surface area (Å²) in [7, 11) is 6.76. The minimum Gasteiger partial charge on any atom is -0.496 e. The van der Waals surface area contributed by atoms with Gasteiger partial charge in [-0.05, 0) is 68.2 Å². The number of allylic oxidation sites excluding steroid dienone is 1. The molecule has 2 aromatic rings. The van der Waals surface area contributed by atoms with Crippen LogP contribution in [-0.4, -0.2) is 64.3 Å². The summed E-state index contributed by atoms with van der Waals surface area (Å²) in [5, 5.41) is 0. The topological polar surface area (TPSA) is 83.5 Å². The molecule has 1 fully saturated rings. The average molecular weight is 566 g/mol. The Morgan fingerprint density at radius 2 is 1.71 bits per heavy atom. The van der Waals surface area contributed by atoms with Gasteiger partial charge in [-0.1, -0.05) is 19.4 Å². The number of rotatable bonds is 15. The van der Waals surface area contributed by atoms with Gasteiger partial charge in [0.25, 0.3) is 0 Å². The summed E-state index contributed by atoms with van der Waals surface area (Å²) in [6.07, 6.45) is 9.68. The smallest absolute Gasteiger partial charge is 0.347 e. The van der Waals surface area contributed by atoms with Gasteiger partial charge in [0.2, 0.25) is 0 Å². The zero-order valence-electron chi connectivity index (χ0n) is 25.0. The molecule has 8 heteroatoms.